The van der Waals surface area contributed by atoms with E-state index < -0.39 is 0 Å². The normalized spacial score (nSPS) is 23.2. The van der Waals surface area contributed by atoms with Crippen molar-refractivity contribution in [3.05, 3.63) is 23.5 Å². The molecule has 0 saturated heterocycles. The van der Waals surface area contributed by atoms with E-state index in [0.29, 0.717) is 29.0 Å². The van der Waals surface area contributed by atoms with E-state index >= 15 is 0 Å². The molecule has 6 nitrogen and oxygen atoms in total. The van der Waals surface area contributed by atoms with Gasteiger partial charge in [0.05, 0.1) is 11.9 Å². The fourth-order valence-corrected chi connectivity index (χ4v) is 2.69. The topological polar surface area (TPSA) is 105 Å². The molecule has 1 fully saturated rings. The highest BCUT2D eigenvalue weighted by molar-refractivity contribution is 5.63. The predicted molar refractivity (Wildman–Crippen MR) is 68.0 cm³/mol. The molecule has 0 radical (unpaired) electrons. The fraction of sp³-hybridized carbons (Fsp3) is 0.462. The highest BCUT2D eigenvalue weighted by atomic mass is 16.5. The number of nitrogens with zero attached hydrogens (tertiary/aromatic N) is 3. The van der Waals surface area contributed by atoms with Crippen molar-refractivity contribution in [1.29, 1.82) is 5.26 Å². The van der Waals surface area contributed by atoms with Gasteiger partial charge in [0.1, 0.15) is 17.3 Å². The molecule has 0 spiro atoms. The summed E-state index contributed by atoms with van der Waals surface area (Å²) in [7, 11) is 0. The maximum Gasteiger partial charge on any atom is 0.188 e. The summed E-state index contributed by atoms with van der Waals surface area (Å²) in [5.41, 5.74) is 7.93. The van der Waals surface area contributed by atoms with Crippen LogP contribution < -0.4 is 5.73 Å². The van der Waals surface area contributed by atoms with Crippen molar-refractivity contribution < 1.29 is 4.52 Å². The largest absolute Gasteiger partial charge is 0.355 e. The summed E-state index contributed by atoms with van der Waals surface area (Å²) >= 11 is 0. The molecule has 0 amide bonds. The Morgan fingerprint density at radius 1 is 1.37 bits per heavy atom. The molecule has 98 valence electrons. The summed E-state index contributed by atoms with van der Waals surface area (Å²) in [6.07, 6.45) is 5.52. The molecule has 0 bridgehead atoms. The van der Waals surface area contributed by atoms with E-state index in [9.17, 15) is 5.26 Å². The van der Waals surface area contributed by atoms with Crippen molar-refractivity contribution >= 4 is 0 Å². The second-order valence-corrected chi connectivity index (χ2v) is 4.96. The van der Waals surface area contributed by atoms with E-state index in [1.165, 1.54) is 0 Å². The lowest BCUT2D eigenvalue weighted by atomic mass is 9.83. The Morgan fingerprint density at radius 3 is 2.79 bits per heavy atom. The van der Waals surface area contributed by atoms with Gasteiger partial charge in [-0.05, 0) is 25.7 Å². The number of nitrogens with one attached hydrogen (secondary N) is 1. The molecule has 0 unspecified atom stereocenters. The summed E-state index contributed by atoms with van der Waals surface area (Å²) < 4.78 is 5.08. The molecular formula is C13H15N5O. The van der Waals surface area contributed by atoms with Crippen LogP contribution in [0, 0.1) is 11.3 Å². The Balaban J connectivity index is 1.93. The highest BCUT2D eigenvalue weighted by Crippen LogP contribution is 2.35. The van der Waals surface area contributed by atoms with E-state index in [2.05, 4.69) is 21.4 Å². The van der Waals surface area contributed by atoms with Gasteiger partial charge in [-0.3, -0.25) is 5.10 Å². The van der Waals surface area contributed by atoms with Crippen molar-refractivity contribution in [2.24, 2.45) is 5.73 Å². The summed E-state index contributed by atoms with van der Waals surface area (Å²) in [5, 5.41) is 20.2. The molecule has 2 heterocycles. The van der Waals surface area contributed by atoms with Crippen LogP contribution in [-0.2, 0) is 0 Å². The zero-order valence-electron chi connectivity index (χ0n) is 10.5. The standard InChI is InChI=1S/C13H15N5O/c14-7-10-12(8-1-3-9(15)4-2-8)17-18-13(10)11-5-6-16-19-11/h5-6,8-9H,1-4,15H2,(H,17,18). The smallest absolute Gasteiger partial charge is 0.188 e. The van der Waals surface area contributed by atoms with Gasteiger partial charge in [-0.25, -0.2) is 0 Å². The fourth-order valence-electron chi connectivity index (χ4n) is 2.69. The summed E-state index contributed by atoms with van der Waals surface area (Å²) in [4.78, 5) is 0. The van der Waals surface area contributed by atoms with Gasteiger partial charge in [-0.1, -0.05) is 5.16 Å². The molecule has 2 aromatic rings. The zero-order valence-corrected chi connectivity index (χ0v) is 10.5. The first-order valence-electron chi connectivity index (χ1n) is 6.44. The van der Waals surface area contributed by atoms with Crippen LogP contribution >= 0.6 is 0 Å². The van der Waals surface area contributed by atoms with Crippen LogP contribution in [0.15, 0.2) is 16.8 Å². The van der Waals surface area contributed by atoms with Crippen molar-refractivity contribution in [1.82, 2.24) is 15.4 Å². The zero-order chi connectivity index (χ0) is 13.2. The Morgan fingerprint density at radius 2 is 2.16 bits per heavy atom. The average Bonchev–Trinajstić information content (AvgIpc) is 3.08. The summed E-state index contributed by atoms with van der Waals surface area (Å²) in [6, 6.07) is 4.22. The van der Waals surface area contributed by atoms with Crippen LogP contribution in [0.5, 0.6) is 0 Å². The maximum atomic E-state index is 9.37. The Bertz CT molecular complexity index is 587. The van der Waals surface area contributed by atoms with Crippen molar-refractivity contribution in [3.8, 4) is 17.5 Å². The van der Waals surface area contributed by atoms with Crippen LogP contribution in [0.3, 0.4) is 0 Å². The molecule has 2 aromatic heterocycles. The first kappa shape index (κ1) is 11.9. The third kappa shape index (κ3) is 2.13. The minimum atomic E-state index is 0.290. The number of nitriles is 1. The summed E-state index contributed by atoms with van der Waals surface area (Å²) in [5.74, 6) is 0.852. The number of hydrogen-bond donors (Lipinski definition) is 2. The summed E-state index contributed by atoms with van der Waals surface area (Å²) in [6.45, 7) is 0. The third-order valence-corrected chi connectivity index (χ3v) is 3.76. The van der Waals surface area contributed by atoms with Crippen LogP contribution in [-0.4, -0.2) is 21.4 Å². The molecule has 19 heavy (non-hydrogen) atoms. The number of aromatic amines is 1. The Labute approximate surface area is 110 Å². The Hall–Kier alpha value is -2.13. The van der Waals surface area contributed by atoms with Crippen molar-refractivity contribution in [2.45, 2.75) is 37.6 Å². The van der Waals surface area contributed by atoms with Crippen LogP contribution in [0.4, 0.5) is 0 Å². The van der Waals surface area contributed by atoms with E-state index in [0.717, 1.165) is 31.4 Å². The van der Waals surface area contributed by atoms with Gasteiger partial charge in [0.15, 0.2) is 5.76 Å². The monoisotopic (exact) mass is 257 g/mol. The lowest BCUT2D eigenvalue weighted by molar-refractivity contribution is 0.390. The molecule has 3 rings (SSSR count). The van der Waals surface area contributed by atoms with Crippen LogP contribution in [0.2, 0.25) is 0 Å². The second kappa shape index (κ2) is 4.86. The minimum Gasteiger partial charge on any atom is -0.355 e. The Kier molecular flexibility index (Phi) is 3.05. The molecular weight excluding hydrogens is 242 g/mol. The predicted octanol–water partition coefficient (Wildman–Crippen LogP) is 1.92. The molecule has 1 aliphatic carbocycles. The first-order valence-corrected chi connectivity index (χ1v) is 6.44. The quantitative estimate of drug-likeness (QED) is 0.855. The van der Waals surface area contributed by atoms with E-state index in [4.69, 9.17) is 10.3 Å². The highest BCUT2D eigenvalue weighted by Gasteiger charge is 2.26. The van der Waals surface area contributed by atoms with E-state index in [1.54, 1.807) is 12.3 Å². The minimum absolute atomic E-state index is 0.290. The van der Waals surface area contributed by atoms with Gasteiger partial charge in [0, 0.05) is 18.0 Å². The average molecular weight is 257 g/mol. The molecule has 0 aliphatic heterocycles. The van der Waals surface area contributed by atoms with Gasteiger partial charge < -0.3 is 10.3 Å². The van der Waals surface area contributed by atoms with Gasteiger partial charge in [0.25, 0.3) is 0 Å². The lowest BCUT2D eigenvalue weighted by Crippen LogP contribution is -2.26. The van der Waals surface area contributed by atoms with Gasteiger partial charge >= 0.3 is 0 Å². The number of rotatable bonds is 2. The SMILES string of the molecule is N#Cc1c(-c2ccno2)n[nH]c1C1CCC(N)CC1. The molecule has 3 N–H and O–H groups in total. The molecule has 0 aromatic carbocycles. The van der Waals surface area contributed by atoms with Crippen LogP contribution in [0.25, 0.3) is 11.5 Å². The van der Waals surface area contributed by atoms with Gasteiger partial charge in [0.2, 0.25) is 0 Å². The van der Waals surface area contributed by atoms with Crippen molar-refractivity contribution in [2.75, 3.05) is 0 Å². The molecule has 1 aliphatic rings. The lowest BCUT2D eigenvalue weighted by Gasteiger charge is -2.25. The van der Waals surface area contributed by atoms with Crippen molar-refractivity contribution in [3.63, 3.8) is 0 Å². The number of aromatic nitrogens is 3. The number of H-pyrrole nitrogens is 1. The van der Waals surface area contributed by atoms with Crippen LogP contribution in [0.1, 0.15) is 42.9 Å². The number of hydrogen-bond acceptors (Lipinski definition) is 5. The second-order valence-electron chi connectivity index (χ2n) is 4.96. The van der Waals surface area contributed by atoms with Gasteiger partial charge in [-0.15, -0.1) is 0 Å². The molecule has 6 heteroatoms. The van der Waals surface area contributed by atoms with E-state index in [1.807, 2.05) is 0 Å². The molecule has 0 atom stereocenters. The maximum absolute atomic E-state index is 9.37. The van der Waals surface area contributed by atoms with Gasteiger partial charge in [-0.2, -0.15) is 10.4 Å². The third-order valence-electron chi connectivity index (χ3n) is 3.76. The van der Waals surface area contributed by atoms with E-state index in [-0.39, 0.29) is 0 Å². The first-order chi connectivity index (χ1) is 9.29. The number of nitrogens with two attached hydrogens (primary N) is 1. The molecule has 1 saturated carbocycles.